The molecule has 7 aromatic carbocycles. The molecule has 0 amide bonds. The minimum atomic E-state index is 0.808. The second-order valence-corrected chi connectivity index (χ2v) is 19.3. The first-order valence-corrected chi connectivity index (χ1v) is 25.3. The zero-order valence-corrected chi connectivity index (χ0v) is 40.6. The van der Waals surface area contributed by atoms with Gasteiger partial charge in [0.25, 0.3) is 0 Å². The van der Waals surface area contributed by atoms with E-state index >= 15 is 0 Å². The molecule has 354 valence electrons. The minimum absolute atomic E-state index is 0.808. The number of benzene rings is 7. The molecule has 0 aliphatic rings. The molecular formula is C67H40N8O. The molecule has 0 aliphatic heterocycles. The lowest BCUT2D eigenvalue weighted by atomic mass is 9.81. The number of rotatable bonds is 7. The molecule has 0 saturated heterocycles. The number of para-hydroxylation sites is 3. The van der Waals surface area contributed by atoms with Crippen molar-refractivity contribution in [3.05, 3.63) is 244 Å². The molecule has 0 saturated carbocycles. The Balaban J connectivity index is 0.961. The summed E-state index contributed by atoms with van der Waals surface area (Å²) in [6.07, 6.45) is 19.0. The Labute approximate surface area is 433 Å². The van der Waals surface area contributed by atoms with Crippen LogP contribution in [0.25, 0.3) is 149 Å². The molecule has 9 heterocycles. The van der Waals surface area contributed by atoms with Crippen LogP contribution in [0.2, 0.25) is 0 Å². The van der Waals surface area contributed by atoms with E-state index in [0.29, 0.717) is 0 Å². The fourth-order valence-electron chi connectivity index (χ4n) is 12.2. The Bertz CT molecular complexity index is 4930. The second kappa shape index (κ2) is 16.5. The van der Waals surface area contributed by atoms with Crippen LogP contribution in [-0.2, 0) is 0 Å². The summed E-state index contributed by atoms with van der Waals surface area (Å²) in [5, 5.41) is 8.97. The lowest BCUT2D eigenvalue weighted by Gasteiger charge is -2.23. The molecular weight excluding hydrogens is 933 g/mol. The van der Waals surface area contributed by atoms with Gasteiger partial charge in [-0.2, -0.15) is 0 Å². The van der Waals surface area contributed by atoms with Crippen molar-refractivity contribution in [3.8, 4) is 61.6 Å². The van der Waals surface area contributed by atoms with Crippen LogP contribution >= 0.6 is 0 Å². The minimum Gasteiger partial charge on any atom is -0.456 e. The number of aromatic nitrogens is 8. The largest absolute Gasteiger partial charge is 0.456 e. The van der Waals surface area contributed by atoms with Crippen LogP contribution < -0.4 is 0 Å². The quantitative estimate of drug-likeness (QED) is 0.158. The van der Waals surface area contributed by atoms with E-state index in [4.69, 9.17) is 24.4 Å². The second-order valence-electron chi connectivity index (χ2n) is 19.3. The van der Waals surface area contributed by atoms with E-state index in [1.54, 1.807) is 0 Å². The van der Waals surface area contributed by atoms with Crippen molar-refractivity contribution >= 4 is 87.4 Å². The third-order valence-corrected chi connectivity index (χ3v) is 15.3. The molecule has 16 rings (SSSR count). The first-order valence-electron chi connectivity index (χ1n) is 25.3. The summed E-state index contributed by atoms with van der Waals surface area (Å²) in [5.41, 5.74) is 19.4. The highest BCUT2D eigenvalue weighted by Crippen LogP contribution is 2.54. The molecule has 0 radical (unpaired) electrons. The molecule has 0 fully saturated rings. The van der Waals surface area contributed by atoms with Crippen molar-refractivity contribution in [2.45, 2.75) is 0 Å². The normalized spacial score (nSPS) is 11.9. The summed E-state index contributed by atoms with van der Waals surface area (Å²) >= 11 is 0. The van der Waals surface area contributed by atoms with E-state index in [0.717, 1.165) is 127 Å². The SMILES string of the molecule is c1cncc(-c2c(-c3cccnc3)c(-c3cccnc3)c3c(c2-c2cccnc2)c2ccccc2n3-c2ccc3oc4ccc(-n5c6ccccc6c6cc(-n7c8ccccc8c8ccncc87)ccc65)cc4c3c2)c1. The van der Waals surface area contributed by atoms with Gasteiger partial charge in [0.1, 0.15) is 11.2 Å². The van der Waals surface area contributed by atoms with E-state index in [9.17, 15) is 0 Å². The van der Waals surface area contributed by atoms with Gasteiger partial charge in [-0.15, -0.1) is 0 Å². The third kappa shape index (κ3) is 6.17. The Kier molecular flexibility index (Phi) is 9.13. The van der Waals surface area contributed by atoms with Gasteiger partial charge in [-0.05, 0) is 103 Å². The fourth-order valence-corrected chi connectivity index (χ4v) is 12.2. The van der Waals surface area contributed by atoms with Gasteiger partial charge in [0, 0.05) is 160 Å². The van der Waals surface area contributed by atoms with E-state index in [2.05, 4.69) is 176 Å². The molecule has 9 nitrogen and oxygen atoms in total. The van der Waals surface area contributed by atoms with E-state index < -0.39 is 0 Å². The maximum Gasteiger partial charge on any atom is 0.135 e. The predicted molar refractivity (Wildman–Crippen MR) is 307 cm³/mol. The summed E-state index contributed by atoms with van der Waals surface area (Å²) in [5.74, 6) is 0. The van der Waals surface area contributed by atoms with E-state index in [1.807, 2.05) is 86.2 Å². The van der Waals surface area contributed by atoms with Gasteiger partial charge >= 0.3 is 0 Å². The highest BCUT2D eigenvalue weighted by molar-refractivity contribution is 6.26. The number of hydrogen-bond donors (Lipinski definition) is 0. The van der Waals surface area contributed by atoms with Gasteiger partial charge in [0.15, 0.2) is 0 Å². The van der Waals surface area contributed by atoms with Crippen molar-refractivity contribution in [3.63, 3.8) is 0 Å². The zero-order chi connectivity index (χ0) is 49.8. The zero-order valence-electron chi connectivity index (χ0n) is 40.6. The maximum atomic E-state index is 6.73. The van der Waals surface area contributed by atoms with Crippen LogP contribution in [0.15, 0.2) is 248 Å². The molecule has 0 N–H and O–H groups in total. The standard InChI is InChI=1S/C67H40N8O/c1-4-18-55-48(15-1)50-27-32-72-40-59(50)74(55)45-21-24-58-52(33-45)49-16-2-5-19-56(49)73(58)46-22-25-60-53(34-46)54-35-47(23-26-61(54)76-60)75-57-20-6-3-17-51(57)66-64(43-13-9-30-70-38-43)62(41-11-7-28-68-36-41)63(42-12-8-29-69-37-42)65(67(66)75)44-14-10-31-71-39-44/h1-40H. The van der Waals surface area contributed by atoms with Crippen LogP contribution in [0.4, 0.5) is 0 Å². The molecule has 0 aliphatic carbocycles. The van der Waals surface area contributed by atoms with Gasteiger partial charge in [-0.3, -0.25) is 24.9 Å². The monoisotopic (exact) mass is 972 g/mol. The first-order chi connectivity index (χ1) is 37.7. The average Bonchev–Trinajstić information content (AvgIpc) is 4.27. The number of furan rings is 1. The van der Waals surface area contributed by atoms with Gasteiger partial charge in [0.05, 0.1) is 39.3 Å². The van der Waals surface area contributed by atoms with Gasteiger partial charge < -0.3 is 18.1 Å². The summed E-state index contributed by atoms with van der Waals surface area (Å²) in [6.45, 7) is 0. The van der Waals surface area contributed by atoms with Crippen LogP contribution in [0, 0.1) is 0 Å². The lowest BCUT2D eigenvalue weighted by Crippen LogP contribution is -2.01. The molecule has 0 bridgehead atoms. The molecule has 9 aromatic heterocycles. The van der Waals surface area contributed by atoms with Crippen LogP contribution in [0.3, 0.4) is 0 Å². The van der Waals surface area contributed by atoms with Crippen LogP contribution in [-0.4, -0.2) is 38.6 Å². The Hall–Kier alpha value is -10.5. The summed E-state index contributed by atoms with van der Waals surface area (Å²) < 4.78 is 13.9. The smallest absolute Gasteiger partial charge is 0.135 e. The van der Waals surface area contributed by atoms with Gasteiger partial charge in [-0.25, -0.2) is 0 Å². The molecule has 0 spiro atoms. The highest BCUT2D eigenvalue weighted by Gasteiger charge is 2.30. The number of pyridine rings is 5. The Morgan fingerprint density at radius 1 is 0.276 bits per heavy atom. The van der Waals surface area contributed by atoms with Crippen molar-refractivity contribution in [2.75, 3.05) is 0 Å². The Morgan fingerprint density at radius 2 is 0.697 bits per heavy atom. The first kappa shape index (κ1) is 42.0. The number of nitrogens with zero attached hydrogens (tertiary/aromatic N) is 8. The van der Waals surface area contributed by atoms with Crippen molar-refractivity contribution in [1.82, 2.24) is 38.6 Å². The number of fused-ring (bicyclic) bond motifs is 12. The van der Waals surface area contributed by atoms with Crippen molar-refractivity contribution in [2.24, 2.45) is 0 Å². The highest BCUT2D eigenvalue weighted by atomic mass is 16.3. The third-order valence-electron chi connectivity index (χ3n) is 15.3. The molecule has 16 aromatic rings. The predicted octanol–water partition coefficient (Wildman–Crippen LogP) is 16.5. The average molecular weight is 973 g/mol. The number of hydrogen-bond acceptors (Lipinski definition) is 6. The molecule has 76 heavy (non-hydrogen) atoms. The summed E-state index contributed by atoms with van der Waals surface area (Å²) in [7, 11) is 0. The Morgan fingerprint density at radius 3 is 1.28 bits per heavy atom. The van der Waals surface area contributed by atoms with Gasteiger partial charge in [0.2, 0.25) is 0 Å². The van der Waals surface area contributed by atoms with E-state index in [-0.39, 0.29) is 0 Å². The topological polar surface area (TPSA) is 92.4 Å². The molecule has 9 heteroatoms. The molecule has 0 atom stereocenters. The van der Waals surface area contributed by atoms with Crippen LogP contribution in [0.1, 0.15) is 0 Å². The maximum absolute atomic E-state index is 6.73. The van der Waals surface area contributed by atoms with Crippen molar-refractivity contribution in [1.29, 1.82) is 0 Å². The fraction of sp³-hybridized carbons (Fsp3) is 0. The van der Waals surface area contributed by atoms with Crippen LogP contribution in [0.5, 0.6) is 0 Å². The lowest BCUT2D eigenvalue weighted by molar-refractivity contribution is 0.669. The van der Waals surface area contributed by atoms with Gasteiger partial charge in [-0.1, -0.05) is 78.9 Å². The molecule has 0 unspecified atom stereocenters. The summed E-state index contributed by atoms with van der Waals surface area (Å²) in [4.78, 5) is 23.4. The van der Waals surface area contributed by atoms with E-state index in [1.165, 1.54) is 21.5 Å². The summed E-state index contributed by atoms with van der Waals surface area (Å²) in [6, 6.07) is 64.8. The van der Waals surface area contributed by atoms with Crippen molar-refractivity contribution < 1.29 is 4.42 Å².